The summed E-state index contributed by atoms with van der Waals surface area (Å²) in [6.07, 6.45) is 1.76. The number of carboxylic acid groups (broad SMARTS) is 1. The fraction of sp³-hybridized carbons (Fsp3) is 0.857. The third kappa shape index (κ3) is 3.47. The lowest BCUT2D eigenvalue weighted by Crippen LogP contribution is -2.42. The lowest BCUT2D eigenvalue weighted by molar-refractivity contribution is -0.165. The van der Waals surface area contributed by atoms with Crippen LogP contribution in [0.25, 0.3) is 0 Å². The SMILES string of the molecule is CC(C)COC(=O)C1C(C)CCC(C)C1C(=O)O. The fourth-order valence-electron chi connectivity index (χ4n) is 2.71. The molecule has 0 aromatic carbocycles. The standard InChI is InChI=1S/C14H24O4/c1-8(2)7-18-14(17)12-10(4)6-5-9(3)11(12)13(15)16/h8-12H,5-7H2,1-4H3,(H,15,16). The van der Waals surface area contributed by atoms with E-state index in [9.17, 15) is 14.7 Å². The molecule has 0 aromatic rings. The molecule has 1 N–H and O–H groups in total. The summed E-state index contributed by atoms with van der Waals surface area (Å²) in [7, 11) is 0. The zero-order valence-electron chi connectivity index (χ0n) is 11.7. The van der Waals surface area contributed by atoms with Gasteiger partial charge in [0.05, 0.1) is 18.4 Å². The van der Waals surface area contributed by atoms with Crippen molar-refractivity contribution in [2.75, 3.05) is 6.61 Å². The maximum Gasteiger partial charge on any atom is 0.310 e. The molecular weight excluding hydrogens is 232 g/mol. The molecule has 4 nitrogen and oxygen atoms in total. The predicted octanol–water partition coefficient (Wildman–Crippen LogP) is 2.57. The summed E-state index contributed by atoms with van der Waals surface area (Å²) < 4.78 is 5.24. The molecular formula is C14H24O4. The highest BCUT2D eigenvalue weighted by Gasteiger charge is 2.44. The van der Waals surface area contributed by atoms with Crippen molar-refractivity contribution in [2.45, 2.75) is 40.5 Å². The van der Waals surface area contributed by atoms with Crippen LogP contribution in [0, 0.1) is 29.6 Å². The number of carbonyl (C=O) groups excluding carboxylic acids is 1. The number of ether oxygens (including phenoxy) is 1. The molecule has 1 fully saturated rings. The van der Waals surface area contributed by atoms with Gasteiger partial charge in [-0.15, -0.1) is 0 Å². The summed E-state index contributed by atoms with van der Waals surface area (Å²) in [5, 5.41) is 9.32. The number of esters is 1. The van der Waals surface area contributed by atoms with Crippen LogP contribution in [0.5, 0.6) is 0 Å². The molecule has 0 bridgehead atoms. The molecule has 18 heavy (non-hydrogen) atoms. The van der Waals surface area contributed by atoms with Crippen molar-refractivity contribution >= 4 is 11.9 Å². The zero-order valence-corrected chi connectivity index (χ0v) is 11.7. The molecule has 1 aliphatic carbocycles. The second-order valence-corrected chi connectivity index (χ2v) is 5.95. The maximum atomic E-state index is 12.1. The average molecular weight is 256 g/mol. The Labute approximate surface area is 109 Å². The molecule has 1 rings (SSSR count). The Kier molecular flexibility index (Phi) is 5.17. The van der Waals surface area contributed by atoms with Gasteiger partial charge in [0.1, 0.15) is 0 Å². The maximum absolute atomic E-state index is 12.1. The van der Waals surface area contributed by atoms with E-state index >= 15 is 0 Å². The second-order valence-electron chi connectivity index (χ2n) is 5.95. The number of carboxylic acids is 1. The zero-order chi connectivity index (χ0) is 13.9. The van der Waals surface area contributed by atoms with Crippen LogP contribution in [-0.2, 0) is 14.3 Å². The largest absolute Gasteiger partial charge is 0.481 e. The highest BCUT2D eigenvalue weighted by atomic mass is 16.5. The first-order chi connectivity index (χ1) is 8.34. The summed E-state index contributed by atoms with van der Waals surface area (Å²) in [6, 6.07) is 0. The van der Waals surface area contributed by atoms with E-state index in [0.29, 0.717) is 6.61 Å². The molecule has 1 aliphatic rings. The molecule has 4 heteroatoms. The number of rotatable bonds is 4. The van der Waals surface area contributed by atoms with E-state index in [2.05, 4.69) is 0 Å². The summed E-state index contributed by atoms with van der Waals surface area (Å²) in [4.78, 5) is 23.4. The highest BCUT2D eigenvalue weighted by Crippen LogP contribution is 2.39. The van der Waals surface area contributed by atoms with Crippen molar-refractivity contribution in [3.05, 3.63) is 0 Å². The molecule has 0 heterocycles. The van der Waals surface area contributed by atoms with Crippen LogP contribution in [0.3, 0.4) is 0 Å². The number of hydrogen-bond acceptors (Lipinski definition) is 3. The molecule has 0 spiro atoms. The minimum absolute atomic E-state index is 0.0373. The molecule has 4 unspecified atom stereocenters. The second kappa shape index (κ2) is 6.21. The Morgan fingerprint density at radius 2 is 1.67 bits per heavy atom. The normalized spacial score (nSPS) is 32.3. The van der Waals surface area contributed by atoms with Crippen LogP contribution in [0.1, 0.15) is 40.5 Å². The van der Waals surface area contributed by atoms with E-state index in [1.165, 1.54) is 0 Å². The quantitative estimate of drug-likeness (QED) is 0.785. The van der Waals surface area contributed by atoms with Gasteiger partial charge in [-0.3, -0.25) is 9.59 Å². The first-order valence-electron chi connectivity index (χ1n) is 6.74. The van der Waals surface area contributed by atoms with Gasteiger partial charge >= 0.3 is 11.9 Å². The van der Waals surface area contributed by atoms with E-state index in [0.717, 1.165) is 12.8 Å². The van der Waals surface area contributed by atoms with Gasteiger partial charge in [-0.1, -0.05) is 27.7 Å². The Hall–Kier alpha value is -1.06. The van der Waals surface area contributed by atoms with E-state index in [4.69, 9.17) is 4.74 Å². The minimum Gasteiger partial charge on any atom is -0.481 e. The molecule has 0 amide bonds. The lowest BCUT2D eigenvalue weighted by Gasteiger charge is -2.36. The third-order valence-corrected chi connectivity index (χ3v) is 3.81. The lowest BCUT2D eigenvalue weighted by atomic mass is 9.67. The highest BCUT2D eigenvalue weighted by molar-refractivity contribution is 5.81. The Morgan fingerprint density at radius 3 is 2.11 bits per heavy atom. The van der Waals surface area contributed by atoms with E-state index < -0.39 is 17.8 Å². The molecule has 0 aromatic heterocycles. The molecule has 4 atom stereocenters. The Bertz CT molecular complexity index is 311. The van der Waals surface area contributed by atoms with Crippen LogP contribution >= 0.6 is 0 Å². The molecule has 0 radical (unpaired) electrons. The summed E-state index contributed by atoms with van der Waals surface area (Å²) in [5.41, 5.74) is 0. The minimum atomic E-state index is -0.874. The van der Waals surface area contributed by atoms with Crippen molar-refractivity contribution in [1.29, 1.82) is 0 Å². The van der Waals surface area contributed by atoms with Crippen LogP contribution in [0.2, 0.25) is 0 Å². The van der Waals surface area contributed by atoms with Gasteiger partial charge in [0, 0.05) is 0 Å². The van der Waals surface area contributed by atoms with Gasteiger partial charge in [0.25, 0.3) is 0 Å². The van der Waals surface area contributed by atoms with Crippen molar-refractivity contribution < 1.29 is 19.4 Å². The van der Waals surface area contributed by atoms with Gasteiger partial charge in [-0.2, -0.15) is 0 Å². The van der Waals surface area contributed by atoms with Gasteiger partial charge in [0.2, 0.25) is 0 Å². The van der Waals surface area contributed by atoms with Crippen LogP contribution in [-0.4, -0.2) is 23.7 Å². The topological polar surface area (TPSA) is 63.6 Å². The predicted molar refractivity (Wildman–Crippen MR) is 68.0 cm³/mol. The molecule has 0 saturated heterocycles. The number of hydrogen-bond donors (Lipinski definition) is 1. The Balaban J connectivity index is 2.78. The fourth-order valence-corrected chi connectivity index (χ4v) is 2.71. The summed E-state index contributed by atoms with van der Waals surface area (Å²) in [5.74, 6) is -1.92. The van der Waals surface area contributed by atoms with E-state index in [-0.39, 0.29) is 23.7 Å². The number of aliphatic carboxylic acids is 1. The Morgan fingerprint density at radius 1 is 1.17 bits per heavy atom. The van der Waals surface area contributed by atoms with Crippen molar-refractivity contribution in [2.24, 2.45) is 29.6 Å². The monoisotopic (exact) mass is 256 g/mol. The average Bonchev–Trinajstić information content (AvgIpc) is 2.28. The van der Waals surface area contributed by atoms with Crippen LogP contribution in [0.15, 0.2) is 0 Å². The number of carbonyl (C=O) groups is 2. The van der Waals surface area contributed by atoms with Gasteiger partial charge in [-0.05, 0) is 30.6 Å². The van der Waals surface area contributed by atoms with Crippen molar-refractivity contribution in [1.82, 2.24) is 0 Å². The van der Waals surface area contributed by atoms with Crippen LogP contribution < -0.4 is 0 Å². The molecule has 0 aliphatic heterocycles. The van der Waals surface area contributed by atoms with E-state index in [1.807, 2.05) is 27.7 Å². The van der Waals surface area contributed by atoms with Crippen molar-refractivity contribution in [3.8, 4) is 0 Å². The molecule has 1 saturated carbocycles. The van der Waals surface area contributed by atoms with Gasteiger partial charge in [0.15, 0.2) is 0 Å². The summed E-state index contributed by atoms with van der Waals surface area (Å²) in [6.45, 7) is 8.16. The van der Waals surface area contributed by atoms with E-state index in [1.54, 1.807) is 0 Å². The summed E-state index contributed by atoms with van der Waals surface area (Å²) >= 11 is 0. The van der Waals surface area contributed by atoms with Crippen LogP contribution in [0.4, 0.5) is 0 Å². The first-order valence-corrected chi connectivity index (χ1v) is 6.74. The third-order valence-electron chi connectivity index (χ3n) is 3.81. The molecule has 104 valence electrons. The van der Waals surface area contributed by atoms with Gasteiger partial charge < -0.3 is 9.84 Å². The van der Waals surface area contributed by atoms with Crippen molar-refractivity contribution in [3.63, 3.8) is 0 Å². The smallest absolute Gasteiger partial charge is 0.310 e. The first kappa shape index (κ1) is 15.0. The van der Waals surface area contributed by atoms with Gasteiger partial charge in [-0.25, -0.2) is 0 Å².